The van der Waals surface area contributed by atoms with Crippen molar-refractivity contribution in [3.8, 4) is 0 Å². The first-order valence-electron chi connectivity index (χ1n) is 12.3. The summed E-state index contributed by atoms with van der Waals surface area (Å²) in [6, 6.07) is 0.808. The zero-order valence-electron chi connectivity index (χ0n) is 17.9. The van der Waals surface area contributed by atoms with Crippen LogP contribution < -0.4 is 5.32 Å². The first-order chi connectivity index (χ1) is 12.8. The summed E-state index contributed by atoms with van der Waals surface area (Å²) in [4.78, 5) is 2.90. The van der Waals surface area contributed by atoms with Crippen LogP contribution in [0.25, 0.3) is 0 Å². The van der Waals surface area contributed by atoms with Gasteiger partial charge in [-0.2, -0.15) is 0 Å². The summed E-state index contributed by atoms with van der Waals surface area (Å²) in [5.74, 6) is 2.17. The van der Waals surface area contributed by atoms with E-state index < -0.39 is 0 Å². The molecule has 0 radical (unpaired) electrons. The molecule has 28 heavy (non-hydrogen) atoms. The van der Waals surface area contributed by atoms with Crippen molar-refractivity contribution in [2.45, 2.75) is 114 Å². The lowest BCUT2D eigenvalue weighted by Gasteiger charge is -2.56. The maximum absolute atomic E-state index is 4.18. The van der Waals surface area contributed by atoms with E-state index in [2.05, 4.69) is 10.2 Å². The molecule has 2 heterocycles. The Morgan fingerprint density at radius 3 is 2.25 bits per heavy atom. The number of nitrogens with zero attached hydrogens (tertiary/aromatic N) is 1. The molecule has 0 amide bonds. The molecule has 2 unspecified atom stereocenters. The first kappa shape index (κ1) is 23.2. The zero-order chi connectivity index (χ0) is 17.5. The van der Waals surface area contributed by atoms with Crippen LogP contribution in [0, 0.1) is 17.3 Å². The Morgan fingerprint density at radius 2 is 1.54 bits per heavy atom. The van der Waals surface area contributed by atoms with Crippen LogP contribution in [-0.2, 0) is 0 Å². The van der Waals surface area contributed by atoms with E-state index >= 15 is 0 Å². The molecule has 4 saturated carbocycles. The zero-order valence-corrected chi connectivity index (χ0v) is 19.6. The second kappa shape index (κ2) is 9.75. The number of piperidine rings is 2. The molecule has 0 aromatic heterocycles. The predicted octanol–water partition coefficient (Wildman–Crippen LogP) is 6.36. The highest BCUT2D eigenvalue weighted by atomic mass is 35.5. The molecule has 1 N–H and O–H groups in total. The molecule has 2 aliphatic heterocycles. The van der Waals surface area contributed by atoms with Gasteiger partial charge in [-0.25, -0.2) is 0 Å². The van der Waals surface area contributed by atoms with Crippen LogP contribution in [0.1, 0.15) is 103 Å². The highest BCUT2D eigenvalue weighted by Crippen LogP contribution is 2.56. The van der Waals surface area contributed by atoms with Gasteiger partial charge >= 0.3 is 0 Å². The average molecular weight is 432 g/mol. The molecule has 0 aromatic carbocycles. The molecule has 2 spiro atoms. The van der Waals surface area contributed by atoms with Crippen molar-refractivity contribution in [2.75, 3.05) is 19.6 Å². The number of halogens is 2. The molecule has 2 saturated heterocycles. The van der Waals surface area contributed by atoms with Gasteiger partial charge in [-0.3, -0.25) is 0 Å². The summed E-state index contributed by atoms with van der Waals surface area (Å²) in [5.41, 5.74) is 1.29. The van der Waals surface area contributed by atoms with Crippen molar-refractivity contribution < 1.29 is 0 Å². The number of hydrogen-bond acceptors (Lipinski definition) is 2. The van der Waals surface area contributed by atoms with Gasteiger partial charge in [0.25, 0.3) is 0 Å². The maximum atomic E-state index is 4.18. The van der Waals surface area contributed by atoms with Crippen LogP contribution in [0.2, 0.25) is 0 Å². The summed E-state index contributed by atoms with van der Waals surface area (Å²) < 4.78 is 0. The van der Waals surface area contributed by atoms with Crippen LogP contribution in [0.5, 0.6) is 0 Å². The number of hydrogen-bond donors (Lipinski definition) is 1. The van der Waals surface area contributed by atoms with Crippen LogP contribution in [0.15, 0.2) is 0 Å². The third kappa shape index (κ3) is 4.71. The Bertz CT molecular complexity index is 479. The second-order valence-corrected chi connectivity index (χ2v) is 11.0. The van der Waals surface area contributed by atoms with Crippen molar-refractivity contribution >= 4 is 24.8 Å². The average Bonchev–Trinajstić information content (AvgIpc) is 2.68. The van der Waals surface area contributed by atoms with Crippen LogP contribution in [0.4, 0.5) is 0 Å². The third-order valence-corrected chi connectivity index (χ3v) is 9.42. The molecular formula is C24H44Cl2N2. The normalized spacial score (nSPS) is 40.1. The lowest BCUT2D eigenvalue weighted by atomic mass is 9.53. The van der Waals surface area contributed by atoms with Gasteiger partial charge in [-0.05, 0) is 94.5 Å². The standard InChI is InChI=1S/C24H42N2.2ClH/c1-2-13-24(14-3-1)15-4-6-22(25-24)11-17-26-16-5-12-23(19-26)18-20-7-9-21(23)10-8-20;;/h20-22,25H,1-19H2;2*1H. The van der Waals surface area contributed by atoms with E-state index in [1.54, 1.807) is 38.5 Å². The highest BCUT2D eigenvalue weighted by Gasteiger charge is 2.48. The topological polar surface area (TPSA) is 15.3 Å². The van der Waals surface area contributed by atoms with Crippen molar-refractivity contribution in [1.82, 2.24) is 10.2 Å². The molecule has 4 aliphatic carbocycles. The number of fused-ring (bicyclic) bond motifs is 2. The van der Waals surface area contributed by atoms with Gasteiger partial charge in [0.2, 0.25) is 0 Å². The molecule has 6 aliphatic rings. The van der Waals surface area contributed by atoms with Gasteiger partial charge in [0.15, 0.2) is 0 Å². The minimum Gasteiger partial charge on any atom is -0.308 e. The second-order valence-electron chi connectivity index (χ2n) is 11.0. The van der Waals surface area contributed by atoms with Crippen LogP contribution in [-0.4, -0.2) is 36.1 Å². The monoisotopic (exact) mass is 430 g/mol. The molecule has 2 nitrogen and oxygen atoms in total. The van der Waals surface area contributed by atoms with E-state index in [4.69, 9.17) is 0 Å². The van der Waals surface area contributed by atoms with Gasteiger partial charge in [-0.15, -0.1) is 24.8 Å². The Labute approximate surface area is 186 Å². The number of nitrogens with one attached hydrogen (secondary N) is 1. The molecule has 0 aromatic rings. The SMILES string of the molecule is C1CCC2(CC1)CCCC(CCN1CCCC3(CC4CCC3CC4)C1)N2.Cl.Cl. The molecule has 2 atom stereocenters. The smallest absolute Gasteiger partial charge is 0.0184 e. The van der Waals surface area contributed by atoms with Crippen LogP contribution >= 0.6 is 24.8 Å². The lowest BCUT2D eigenvalue weighted by Crippen LogP contribution is -2.56. The number of likely N-dealkylation sites (tertiary alicyclic amines) is 1. The largest absolute Gasteiger partial charge is 0.308 e. The van der Waals surface area contributed by atoms with Gasteiger partial charge in [-0.1, -0.05) is 38.5 Å². The third-order valence-electron chi connectivity index (χ3n) is 9.42. The number of rotatable bonds is 3. The fourth-order valence-electron chi connectivity index (χ4n) is 8.11. The Balaban J connectivity index is 0.00000112. The summed E-state index contributed by atoms with van der Waals surface area (Å²) >= 11 is 0. The molecular weight excluding hydrogens is 387 g/mol. The molecule has 6 fully saturated rings. The van der Waals surface area contributed by atoms with Crippen molar-refractivity contribution in [3.05, 3.63) is 0 Å². The fourth-order valence-corrected chi connectivity index (χ4v) is 8.11. The quantitative estimate of drug-likeness (QED) is 0.560. The van der Waals surface area contributed by atoms with E-state index in [1.165, 1.54) is 83.8 Å². The summed E-state index contributed by atoms with van der Waals surface area (Å²) in [5, 5.41) is 4.18. The predicted molar refractivity (Wildman–Crippen MR) is 124 cm³/mol. The van der Waals surface area contributed by atoms with E-state index in [1.807, 2.05) is 0 Å². The van der Waals surface area contributed by atoms with Gasteiger partial charge < -0.3 is 10.2 Å². The molecule has 164 valence electrons. The Hall–Kier alpha value is 0.500. The first-order valence-corrected chi connectivity index (χ1v) is 12.3. The minimum absolute atomic E-state index is 0. The van der Waals surface area contributed by atoms with E-state index in [0.717, 1.165) is 23.3 Å². The molecule has 6 rings (SSSR count). The van der Waals surface area contributed by atoms with E-state index in [0.29, 0.717) is 5.54 Å². The molecule has 4 heteroatoms. The van der Waals surface area contributed by atoms with Crippen molar-refractivity contribution in [1.29, 1.82) is 0 Å². The van der Waals surface area contributed by atoms with Gasteiger partial charge in [0, 0.05) is 18.1 Å². The maximum Gasteiger partial charge on any atom is 0.0184 e. The summed E-state index contributed by atoms with van der Waals surface area (Å²) in [7, 11) is 0. The molecule has 2 bridgehead atoms. The van der Waals surface area contributed by atoms with Crippen molar-refractivity contribution in [3.63, 3.8) is 0 Å². The van der Waals surface area contributed by atoms with Gasteiger partial charge in [0.05, 0.1) is 0 Å². The Morgan fingerprint density at radius 1 is 0.786 bits per heavy atom. The minimum atomic E-state index is 0. The lowest BCUT2D eigenvalue weighted by molar-refractivity contribution is -0.0548. The summed E-state index contributed by atoms with van der Waals surface area (Å²) in [6.45, 7) is 4.20. The highest BCUT2D eigenvalue weighted by molar-refractivity contribution is 5.85. The Kier molecular flexibility index (Phi) is 8.07. The van der Waals surface area contributed by atoms with Crippen LogP contribution in [0.3, 0.4) is 0 Å². The fraction of sp³-hybridized carbons (Fsp3) is 1.00. The summed E-state index contributed by atoms with van der Waals surface area (Å²) in [6.07, 6.45) is 24.0. The van der Waals surface area contributed by atoms with E-state index in [-0.39, 0.29) is 24.8 Å². The van der Waals surface area contributed by atoms with Gasteiger partial charge in [0.1, 0.15) is 0 Å². The van der Waals surface area contributed by atoms with E-state index in [9.17, 15) is 0 Å². The van der Waals surface area contributed by atoms with Crippen molar-refractivity contribution in [2.24, 2.45) is 17.3 Å².